The average molecular weight is 332 g/mol. The number of hydrogen-bond donors (Lipinski definition) is 2. The largest absolute Gasteiger partial charge is 0.479 e. The molecule has 1 aliphatic rings. The minimum atomic E-state index is -1.10. The lowest BCUT2D eigenvalue weighted by molar-refractivity contribution is -0.160. The zero-order chi connectivity index (χ0) is 17.3. The van der Waals surface area contributed by atoms with Crippen molar-refractivity contribution < 1.29 is 19.1 Å². The minimum absolute atomic E-state index is 0.0944. The molecular formula is C18H21FN2O3. The Hall–Kier alpha value is -2.37. The van der Waals surface area contributed by atoms with Crippen LogP contribution < -0.4 is 0 Å². The third-order valence-corrected chi connectivity index (χ3v) is 5.17. The first kappa shape index (κ1) is 16.5. The molecule has 3 rings (SSSR count). The SMILES string of the molecule is CN(C(=O)Cc1c[nH]c2cc(F)ccc12)C1(C(=O)O)CCCCC1. The second-order valence-corrected chi connectivity index (χ2v) is 6.53. The molecule has 0 atom stereocenters. The Labute approximate surface area is 139 Å². The number of benzene rings is 1. The van der Waals surface area contributed by atoms with E-state index >= 15 is 0 Å². The normalized spacial score (nSPS) is 16.9. The quantitative estimate of drug-likeness (QED) is 0.903. The van der Waals surface area contributed by atoms with Crippen LogP contribution in [0.1, 0.15) is 37.7 Å². The molecule has 0 saturated heterocycles. The molecule has 0 spiro atoms. The molecule has 1 amide bonds. The molecule has 1 aromatic carbocycles. The maximum atomic E-state index is 13.3. The third kappa shape index (κ3) is 2.77. The van der Waals surface area contributed by atoms with Crippen LogP contribution in [0.5, 0.6) is 0 Å². The van der Waals surface area contributed by atoms with Gasteiger partial charge in [0.25, 0.3) is 0 Å². The number of nitrogens with one attached hydrogen (secondary N) is 1. The number of aromatic nitrogens is 1. The summed E-state index contributed by atoms with van der Waals surface area (Å²) in [6, 6.07) is 4.37. The molecule has 6 heteroatoms. The number of carboxylic acids is 1. The molecule has 0 radical (unpaired) electrons. The fourth-order valence-electron chi connectivity index (χ4n) is 3.65. The summed E-state index contributed by atoms with van der Waals surface area (Å²) >= 11 is 0. The van der Waals surface area contributed by atoms with Crippen LogP contribution in [0.3, 0.4) is 0 Å². The van der Waals surface area contributed by atoms with E-state index in [0.717, 1.165) is 30.2 Å². The van der Waals surface area contributed by atoms with Crippen LogP contribution in [0.4, 0.5) is 4.39 Å². The van der Waals surface area contributed by atoms with Gasteiger partial charge in [-0.25, -0.2) is 9.18 Å². The smallest absolute Gasteiger partial charge is 0.329 e. The van der Waals surface area contributed by atoms with Gasteiger partial charge < -0.3 is 15.0 Å². The average Bonchev–Trinajstić information content (AvgIpc) is 2.96. The Morgan fingerprint density at radius 2 is 2.00 bits per heavy atom. The predicted octanol–water partition coefficient (Wildman–Crippen LogP) is 3.10. The molecule has 5 nitrogen and oxygen atoms in total. The van der Waals surface area contributed by atoms with Gasteiger partial charge in [0.05, 0.1) is 6.42 Å². The van der Waals surface area contributed by atoms with Gasteiger partial charge in [-0.15, -0.1) is 0 Å². The van der Waals surface area contributed by atoms with Crippen molar-refractivity contribution in [3.63, 3.8) is 0 Å². The lowest BCUT2D eigenvalue weighted by atomic mass is 9.80. The molecule has 1 saturated carbocycles. The number of carboxylic acid groups (broad SMARTS) is 1. The number of hydrogen-bond acceptors (Lipinski definition) is 2. The molecule has 24 heavy (non-hydrogen) atoms. The zero-order valence-electron chi connectivity index (χ0n) is 13.6. The number of amides is 1. The monoisotopic (exact) mass is 332 g/mol. The topological polar surface area (TPSA) is 73.4 Å². The second kappa shape index (κ2) is 6.26. The number of aliphatic carboxylic acids is 1. The number of halogens is 1. The first-order chi connectivity index (χ1) is 11.4. The van der Waals surface area contributed by atoms with Crippen LogP contribution in [0.2, 0.25) is 0 Å². The molecule has 0 bridgehead atoms. The highest BCUT2D eigenvalue weighted by Gasteiger charge is 2.45. The fraction of sp³-hybridized carbons (Fsp3) is 0.444. The summed E-state index contributed by atoms with van der Waals surface area (Å²) in [7, 11) is 1.58. The maximum Gasteiger partial charge on any atom is 0.329 e. The number of rotatable bonds is 4. The van der Waals surface area contributed by atoms with E-state index in [4.69, 9.17) is 0 Å². The Morgan fingerprint density at radius 1 is 1.29 bits per heavy atom. The summed E-state index contributed by atoms with van der Waals surface area (Å²) in [5, 5.41) is 10.5. The lowest BCUT2D eigenvalue weighted by Gasteiger charge is -2.41. The van der Waals surface area contributed by atoms with Crippen LogP contribution in [0.25, 0.3) is 10.9 Å². The van der Waals surface area contributed by atoms with Crippen molar-refractivity contribution in [2.24, 2.45) is 0 Å². The molecule has 1 heterocycles. The molecule has 2 aromatic rings. The molecule has 1 aromatic heterocycles. The van der Waals surface area contributed by atoms with E-state index in [9.17, 15) is 19.1 Å². The Bertz CT molecular complexity index is 778. The summed E-state index contributed by atoms with van der Waals surface area (Å²) in [6.07, 6.45) is 5.40. The highest BCUT2D eigenvalue weighted by molar-refractivity contribution is 5.91. The van der Waals surface area contributed by atoms with E-state index in [1.165, 1.54) is 17.0 Å². The number of H-pyrrole nitrogens is 1. The fourth-order valence-corrected chi connectivity index (χ4v) is 3.65. The van der Waals surface area contributed by atoms with Crippen LogP contribution >= 0.6 is 0 Å². The van der Waals surface area contributed by atoms with Crippen molar-refractivity contribution >= 4 is 22.8 Å². The van der Waals surface area contributed by atoms with Gasteiger partial charge >= 0.3 is 5.97 Å². The van der Waals surface area contributed by atoms with Gasteiger partial charge in [0.15, 0.2) is 0 Å². The summed E-state index contributed by atoms with van der Waals surface area (Å²) in [6.45, 7) is 0. The summed E-state index contributed by atoms with van der Waals surface area (Å²) in [5.41, 5.74) is 0.275. The lowest BCUT2D eigenvalue weighted by Crippen LogP contribution is -2.56. The minimum Gasteiger partial charge on any atom is -0.479 e. The standard InChI is InChI=1S/C18H21FN2O3/c1-21(18(17(23)24)7-3-2-4-8-18)16(22)9-12-11-20-15-10-13(19)5-6-14(12)15/h5-6,10-11,20H,2-4,7-9H2,1H3,(H,23,24). The van der Waals surface area contributed by atoms with Gasteiger partial charge in [0, 0.05) is 24.1 Å². The second-order valence-electron chi connectivity index (χ2n) is 6.53. The summed E-state index contributed by atoms with van der Waals surface area (Å²) in [4.78, 5) is 28.9. The Kier molecular flexibility index (Phi) is 4.30. The van der Waals surface area contributed by atoms with Crippen LogP contribution in [0, 0.1) is 5.82 Å². The van der Waals surface area contributed by atoms with Gasteiger partial charge in [-0.3, -0.25) is 4.79 Å². The van der Waals surface area contributed by atoms with Gasteiger partial charge in [0.2, 0.25) is 5.91 Å². The van der Waals surface area contributed by atoms with E-state index in [2.05, 4.69) is 4.98 Å². The van der Waals surface area contributed by atoms with Crippen molar-refractivity contribution in [1.82, 2.24) is 9.88 Å². The van der Waals surface area contributed by atoms with Crippen molar-refractivity contribution in [1.29, 1.82) is 0 Å². The van der Waals surface area contributed by atoms with E-state index in [-0.39, 0.29) is 18.1 Å². The van der Waals surface area contributed by atoms with Gasteiger partial charge in [-0.05, 0) is 36.6 Å². The van der Waals surface area contributed by atoms with Crippen LogP contribution in [-0.4, -0.2) is 39.5 Å². The molecule has 1 aliphatic carbocycles. The van der Waals surface area contributed by atoms with Gasteiger partial charge in [-0.1, -0.05) is 19.3 Å². The molecular weight excluding hydrogens is 311 g/mol. The van der Waals surface area contributed by atoms with E-state index in [1.807, 2.05) is 0 Å². The molecule has 0 unspecified atom stereocenters. The molecule has 0 aliphatic heterocycles. The van der Waals surface area contributed by atoms with E-state index < -0.39 is 11.5 Å². The number of carbonyl (C=O) groups is 2. The van der Waals surface area contributed by atoms with Gasteiger partial charge in [-0.2, -0.15) is 0 Å². The molecule has 128 valence electrons. The molecule has 1 fully saturated rings. The molecule has 2 N–H and O–H groups in total. The van der Waals surface area contributed by atoms with Crippen molar-refractivity contribution in [2.75, 3.05) is 7.05 Å². The van der Waals surface area contributed by atoms with Gasteiger partial charge in [0.1, 0.15) is 11.4 Å². The maximum absolute atomic E-state index is 13.3. The van der Waals surface area contributed by atoms with Crippen LogP contribution in [0.15, 0.2) is 24.4 Å². The van der Waals surface area contributed by atoms with Crippen LogP contribution in [-0.2, 0) is 16.0 Å². The Balaban J connectivity index is 1.83. The number of aromatic amines is 1. The van der Waals surface area contributed by atoms with Crippen molar-refractivity contribution in [3.8, 4) is 0 Å². The number of fused-ring (bicyclic) bond motifs is 1. The highest BCUT2D eigenvalue weighted by atomic mass is 19.1. The first-order valence-electron chi connectivity index (χ1n) is 8.19. The highest BCUT2D eigenvalue weighted by Crippen LogP contribution is 2.34. The number of likely N-dealkylation sites (N-methyl/N-ethyl adjacent to an activating group) is 1. The predicted molar refractivity (Wildman–Crippen MR) is 88.2 cm³/mol. The summed E-state index contributed by atoms with van der Waals surface area (Å²) < 4.78 is 13.3. The van der Waals surface area contributed by atoms with E-state index in [0.29, 0.717) is 18.4 Å². The van der Waals surface area contributed by atoms with Crippen molar-refractivity contribution in [3.05, 3.63) is 35.8 Å². The third-order valence-electron chi connectivity index (χ3n) is 5.17. The van der Waals surface area contributed by atoms with Crippen molar-refractivity contribution in [2.45, 2.75) is 44.1 Å². The first-order valence-corrected chi connectivity index (χ1v) is 8.19. The Morgan fingerprint density at radius 3 is 2.67 bits per heavy atom. The number of carbonyl (C=O) groups excluding carboxylic acids is 1. The summed E-state index contributed by atoms with van der Waals surface area (Å²) in [5.74, 6) is -1.50. The zero-order valence-corrected chi connectivity index (χ0v) is 13.6. The van der Waals surface area contributed by atoms with E-state index in [1.54, 1.807) is 19.3 Å². The number of nitrogens with zero attached hydrogens (tertiary/aromatic N) is 1.